The van der Waals surface area contributed by atoms with E-state index in [1.807, 2.05) is 6.07 Å². The molecule has 2 aliphatic rings. The second-order valence-corrected chi connectivity index (χ2v) is 15.6. The quantitative estimate of drug-likeness (QED) is 0.167. The summed E-state index contributed by atoms with van der Waals surface area (Å²) < 4.78 is 9.15. The van der Waals surface area contributed by atoms with Gasteiger partial charge in [-0.15, -0.1) is 0 Å². The average Bonchev–Trinajstić information content (AvgIpc) is 4.13. The van der Waals surface area contributed by atoms with Gasteiger partial charge in [-0.1, -0.05) is 84.9 Å². The van der Waals surface area contributed by atoms with Gasteiger partial charge >= 0.3 is 7.12 Å². The number of hydrogen-bond acceptors (Lipinski definition) is 5. The van der Waals surface area contributed by atoms with Gasteiger partial charge in [0, 0.05) is 11.4 Å². The van der Waals surface area contributed by atoms with Gasteiger partial charge in [-0.3, -0.25) is 17.9 Å². The van der Waals surface area contributed by atoms with Crippen LogP contribution in [0.1, 0.15) is 0 Å². The van der Waals surface area contributed by atoms with E-state index in [9.17, 15) is 0 Å². The van der Waals surface area contributed by atoms with Gasteiger partial charge in [0.2, 0.25) is 11.6 Å². The summed E-state index contributed by atoms with van der Waals surface area (Å²) in [5.74, 6) is 1.74. The Bertz CT molecular complexity index is 3710. The Morgan fingerprint density at radius 3 is 1.40 bits per heavy atom. The number of aromatic nitrogens is 6. The summed E-state index contributed by atoms with van der Waals surface area (Å²) in [6.07, 6.45) is 0. The van der Waals surface area contributed by atoms with E-state index < -0.39 is 0 Å². The van der Waals surface area contributed by atoms with Crippen LogP contribution in [0.15, 0.2) is 194 Å². The van der Waals surface area contributed by atoms with E-state index in [1.54, 1.807) is 0 Å². The Morgan fingerprint density at radius 2 is 0.750 bits per heavy atom. The Balaban J connectivity index is 0.965. The Labute approximate surface area is 343 Å². The lowest BCUT2D eigenvalue weighted by Gasteiger charge is -2.31. The van der Waals surface area contributed by atoms with Gasteiger partial charge in [-0.25, -0.2) is 9.97 Å². The molecular weight excluding hydrogens is 737 g/mol. The number of rotatable bonds is 4. The van der Waals surface area contributed by atoms with Crippen LogP contribution >= 0.6 is 0 Å². The van der Waals surface area contributed by atoms with Crippen LogP contribution < -0.4 is 14.4 Å². The number of hydrogen-bond donors (Lipinski definition) is 0. The fraction of sp³-hybridized carbons (Fsp3) is 0. The average molecular weight is 770 g/mol. The van der Waals surface area contributed by atoms with Crippen molar-refractivity contribution in [3.05, 3.63) is 194 Å². The number of fused-ring (bicyclic) bond motifs is 15. The summed E-state index contributed by atoms with van der Waals surface area (Å²) in [6, 6.07) is 69.2. The highest BCUT2D eigenvalue weighted by Gasteiger charge is 2.53. The van der Waals surface area contributed by atoms with Crippen molar-refractivity contribution in [1.29, 1.82) is 0 Å². The fourth-order valence-corrected chi connectivity index (χ4v) is 10.0. The van der Waals surface area contributed by atoms with Crippen LogP contribution in [-0.4, -0.2) is 35.0 Å². The number of nitrogens with zero attached hydrogens (tertiary/aromatic N) is 9. The molecule has 6 heterocycles. The van der Waals surface area contributed by atoms with Gasteiger partial charge in [0.05, 0.1) is 78.3 Å². The van der Waals surface area contributed by atoms with Crippen molar-refractivity contribution >= 4 is 96.9 Å². The third kappa shape index (κ3) is 4.11. The predicted molar refractivity (Wildman–Crippen MR) is 244 cm³/mol. The van der Waals surface area contributed by atoms with E-state index in [1.165, 1.54) is 17.1 Å². The van der Waals surface area contributed by atoms with Gasteiger partial charge < -0.3 is 14.4 Å². The van der Waals surface area contributed by atoms with Gasteiger partial charge in [-0.2, -0.15) is 0 Å². The molecule has 8 aromatic carbocycles. The van der Waals surface area contributed by atoms with Crippen LogP contribution in [-0.2, 0) is 0 Å². The molecular formula is C50H32BN9. The lowest BCUT2D eigenvalue weighted by atomic mass is 9.86. The van der Waals surface area contributed by atoms with E-state index in [-0.39, 0.29) is 7.12 Å². The van der Waals surface area contributed by atoms with E-state index in [0.717, 1.165) is 84.1 Å². The summed E-state index contributed by atoms with van der Waals surface area (Å²) >= 11 is 0. The molecule has 4 aromatic heterocycles. The van der Waals surface area contributed by atoms with Gasteiger partial charge in [0.1, 0.15) is 0 Å². The van der Waals surface area contributed by atoms with Crippen LogP contribution in [0.25, 0.3) is 67.1 Å². The Morgan fingerprint density at radius 1 is 0.300 bits per heavy atom. The molecule has 60 heavy (non-hydrogen) atoms. The minimum absolute atomic E-state index is 0.143. The largest absolute Gasteiger partial charge is 0.519 e. The third-order valence-corrected chi connectivity index (χ3v) is 12.4. The summed E-state index contributed by atoms with van der Waals surface area (Å²) in [7, 11) is -0.143. The first kappa shape index (κ1) is 31.8. The van der Waals surface area contributed by atoms with Gasteiger partial charge in [0.25, 0.3) is 0 Å². The highest BCUT2D eigenvalue weighted by Crippen LogP contribution is 2.55. The minimum Gasteiger partial charge on any atom is -0.344 e. The van der Waals surface area contributed by atoms with Gasteiger partial charge in [-0.05, 0) is 109 Å². The third-order valence-electron chi connectivity index (χ3n) is 12.4. The first-order chi connectivity index (χ1) is 29.8. The molecule has 10 heteroatoms. The normalized spacial score (nSPS) is 13.5. The standard InChI is InChI=1S/C50H32BN9/c1-2-15-33(16-3-1)58-44-25-10-12-27-46(44)60-47-28-13-11-26-45(47)59(51(58)60)36-18-14-17-34(31-36)54-41-22-7-9-24-43(41)57-48-32-35(29-30-38(48)53-50(54)57)55-40-21-6-8-23-42(40)56-39-20-5-4-19-37(39)52-49(55)56/h1-32H. The molecule has 0 radical (unpaired) electrons. The molecule has 0 aliphatic carbocycles. The minimum atomic E-state index is -0.143. The van der Waals surface area contributed by atoms with Crippen LogP contribution in [0.2, 0.25) is 0 Å². The molecule has 14 rings (SSSR count). The summed E-state index contributed by atoms with van der Waals surface area (Å²) in [6.45, 7) is 0. The maximum Gasteiger partial charge on any atom is 0.519 e. The maximum absolute atomic E-state index is 5.37. The predicted octanol–water partition coefficient (Wildman–Crippen LogP) is 11.6. The molecule has 0 atom stereocenters. The zero-order valence-electron chi connectivity index (χ0n) is 32.1. The molecule has 0 N–H and O–H groups in total. The molecule has 9 nitrogen and oxygen atoms in total. The molecule has 2 aliphatic heterocycles. The lowest BCUT2D eigenvalue weighted by Crippen LogP contribution is -2.51. The number of benzene rings is 8. The van der Waals surface area contributed by atoms with Crippen LogP contribution in [0.4, 0.5) is 34.1 Å². The lowest BCUT2D eigenvalue weighted by molar-refractivity contribution is 1.10. The van der Waals surface area contributed by atoms with E-state index >= 15 is 0 Å². The van der Waals surface area contributed by atoms with Crippen molar-refractivity contribution < 1.29 is 0 Å². The number of para-hydroxylation sites is 11. The summed E-state index contributed by atoms with van der Waals surface area (Å²) in [4.78, 5) is 17.9. The van der Waals surface area contributed by atoms with E-state index in [0.29, 0.717) is 0 Å². The highest BCUT2D eigenvalue weighted by molar-refractivity contribution is 6.80. The van der Waals surface area contributed by atoms with Crippen molar-refractivity contribution in [3.8, 4) is 11.4 Å². The van der Waals surface area contributed by atoms with Crippen molar-refractivity contribution in [3.63, 3.8) is 0 Å². The molecule has 0 saturated heterocycles. The van der Waals surface area contributed by atoms with Crippen molar-refractivity contribution in [1.82, 2.24) is 27.9 Å². The summed E-state index contributed by atoms with van der Waals surface area (Å²) in [5, 5.41) is 0. The van der Waals surface area contributed by atoms with Gasteiger partial charge in [0.15, 0.2) is 0 Å². The molecule has 0 bridgehead atoms. The molecule has 0 amide bonds. The number of anilines is 6. The first-order valence-corrected chi connectivity index (χ1v) is 20.3. The Kier molecular flexibility index (Phi) is 6.19. The molecule has 0 fully saturated rings. The monoisotopic (exact) mass is 769 g/mol. The van der Waals surface area contributed by atoms with E-state index in [2.05, 4.69) is 220 Å². The zero-order valence-corrected chi connectivity index (χ0v) is 32.1. The van der Waals surface area contributed by atoms with Crippen LogP contribution in [0.3, 0.4) is 0 Å². The fourth-order valence-electron chi connectivity index (χ4n) is 10.0. The SMILES string of the molecule is c1ccc(N2B3N(c4cccc(-n5c6ccccc6n6c7cc(-n8c9ccccc9n9c%10ccccc%10nc89)ccc7nc56)c4)c4ccccc4N3c3ccccc32)cc1. The van der Waals surface area contributed by atoms with Crippen LogP contribution in [0, 0.1) is 0 Å². The van der Waals surface area contributed by atoms with Crippen molar-refractivity contribution in [2.75, 3.05) is 14.4 Å². The summed E-state index contributed by atoms with van der Waals surface area (Å²) in [5.41, 5.74) is 17.4. The second kappa shape index (κ2) is 11.7. The van der Waals surface area contributed by atoms with Crippen molar-refractivity contribution in [2.45, 2.75) is 0 Å². The first-order valence-electron chi connectivity index (χ1n) is 20.3. The number of imidazole rings is 4. The van der Waals surface area contributed by atoms with E-state index in [4.69, 9.17) is 9.97 Å². The van der Waals surface area contributed by atoms with Crippen LogP contribution in [0.5, 0.6) is 0 Å². The molecule has 280 valence electrons. The zero-order chi connectivity index (χ0) is 39.1. The molecule has 12 aromatic rings. The Hall–Kier alpha value is -8.24. The maximum atomic E-state index is 5.37. The topological polar surface area (TPSA) is 54.2 Å². The van der Waals surface area contributed by atoms with Crippen molar-refractivity contribution in [2.24, 2.45) is 0 Å². The molecule has 0 saturated carbocycles. The molecule has 0 unspecified atom stereocenters. The second-order valence-electron chi connectivity index (χ2n) is 15.6. The molecule has 0 spiro atoms. The smallest absolute Gasteiger partial charge is 0.344 e. The highest BCUT2D eigenvalue weighted by atomic mass is 15.4.